The molecule has 1 amide bonds. The Bertz CT molecular complexity index is 1160. The lowest BCUT2D eigenvalue weighted by atomic mass is 9.94. The van der Waals surface area contributed by atoms with E-state index in [4.69, 9.17) is 11.6 Å². The molecule has 2 heterocycles. The number of anilines is 1. The first kappa shape index (κ1) is 22.7. The van der Waals surface area contributed by atoms with Gasteiger partial charge in [-0.25, -0.2) is 4.39 Å². The van der Waals surface area contributed by atoms with Crippen LogP contribution in [0.15, 0.2) is 72.0 Å². The Labute approximate surface area is 191 Å². The number of nitrogens with zero attached hydrogens (tertiary/aromatic N) is 3. The average molecular weight is 477 g/mol. The van der Waals surface area contributed by atoms with Crippen molar-refractivity contribution in [2.24, 2.45) is 5.10 Å². The summed E-state index contributed by atoms with van der Waals surface area (Å²) in [6.45, 7) is 0.129. The van der Waals surface area contributed by atoms with Crippen molar-refractivity contribution in [1.82, 2.24) is 9.99 Å². The molecule has 0 radical (unpaired) electrons. The summed E-state index contributed by atoms with van der Waals surface area (Å²) in [5, 5.41) is 9.28. The minimum Gasteiger partial charge on any atom is -0.324 e. The van der Waals surface area contributed by atoms with Gasteiger partial charge < -0.3 is 5.32 Å². The molecule has 170 valence electrons. The molecule has 0 saturated carbocycles. The molecule has 4 rings (SSSR count). The maximum absolute atomic E-state index is 13.4. The van der Waals surface area contributed by atoms with Gasteiger partial charge in [-0.1, -0.05) is 23.7 Å². The number of hydrazone groups is 1. The lowest BCUT2D eigenvalue weighted by Gasteiger charge is -2.16. The zero-order valence-electron chi connectivity index (χ0n) is 17.0. The first-order valence-electron chi connectivity index (χ1n) is 9.87. The number of halogens is 5. The van der Waals surface area contributed by atoms with Crippen LogP contribution in [0.5, 0.6) is 0 Å². The number of nitrogens with one attached hydrogen (secondary N) is 1. The average Bonchev–Trinajstić information content (AvgIpc) is 3.19. The van der Waals surface area contributed by atoms with Crippen LogP contribution in [-0.2, 0) is 11.0 Å². The molecule has 0 bridgehead atoms. The maximum Gasteiger partial charge on any atom is 0.417 e. The fourth-order valence-corrected chi connectivity index (χ4v) is 3.58. The molecular weight excluding hydrogens is 460 g/mol. The molecule has 1 aliphatic rings. The topological polar surface area (TPSA) is 57.6 Å². The van der Waals surface area contributed by atoms with Crippen molar-refractivity contribution in [3.8, 4) is 0 Å². The molecule has 1 N–H and O–H groups in total. The highest BCUT2D eigenvalue weighted by atomic mass is 35.5. The number of amides is 1. The van der Waals surface area contributed by atoms with Crippen LogP contribution in [0.3, 0.4) is 0 Å². The molecule has 0 fully saturated rings. The Balaban J connectivity index is 1.56. The Morgan fingerprint density at radius 1 is 1.06 bits per heavy atom. The predicted molar refractivity (Wildman–Crippen MR) is 117 cm³/mol. The van der Waals surface area contributed by atoms with Gasteiger partial charge in [0, 0.05) is 16.9 Å². The molecule has 33 heavy (non-hydrogen) atoms. The number of carbonyl (C=O) groups is 1. The molecule has 1 unspecified atom stereocenters. The van der Waals surface area contributed by atoms with Crippen LogP contribution in [0, 0.1) is 5.82 Å². The van der Waals surface area contributed by atoms with Gasteiger partial charge in [0.05, 0.1) is 29.4 Å². The zero-order valence-corrected chi connectivity index (χ0v) is 17.7. The Kier molecular flexibility index (Phi) is 6.33. The molecule has 1 aromatic heterocycles. The van der Waals surface area contributed by atoms with E-state index >= 15 is 0 Å². The van der Waals surface area contributed by atoms with Gasteiger partial charge in [0.1, 0.15) is 12.4 Å². The van der Waals surface area contributed by atoms with Gasteiger partial charge in [-0.15, -0.1) is 0 Å². The molecule has 0 spiro atoms. The van der Waals surface area contributed by atoms with Crippen molar-refractivity contribution in [2.75, 3.05) is 18.4 Å². The Hall–Kier alpha value is -3.46. The third-order valence-electron chi connectivity index (χ3n) is 5.04. The minimum atomic E-state index is -4.50. The normalized spacial score (nSPS) is 16.0. The van der Waals surface area contributed by atoms with Crippen molar-refractivity contribution in [1.29, 1.82) is 0 Å². The monoisotopic (exact) mass is 476 g/mol. The third-order valence-corrected chi connectivity index (χ3v) is 5.29. The molecular formula is C23H17ClF4N4O. The Morgan fingerprint density at radius 3 is 2.36 bits per heavy atom. The van der Waals surface area contributed by atoms with Gasteiger partial charge in [0.25, 0.3) is 0 Å². The standard InChI is InChI=1S/C23H17ClF4N4O/c24-16-4-8-18(9-5-16)30-21(33)13-32-12-19(20-10-3-15(11-29-20)23(26,27)28)22(31-32)14-1-6-17(25)7-2-14/h1-11,19H,12-13H2,(H,30,33). The number of alkyl halides is 3. The first-order valence-corrected chi connectivity index (χ1v) is 10.2. The van der Waals surface area contributed by atoms with Crippen molar-refractivity contribution >= 4 is 28.9 Å². The molecule has 10 heteroatoms. The number of carbonyl (C=O) groups excluding carboxylic acids is 1. The van der Waals surface area contributed by atoms with E-state index in [1.165, 1.54) is 35.3 Å². The van der Waals surface area contributed by atoms with Gasteiger partial charge in [-0.3, -0.25) is 14.8 Å². The highest BCUT2D eigenvalue weighted by Crippen LogP contribution is 2.32. The second-order valence-corrected chi connectivity index (χ2v) is 7.85. The van der Waals surface area contributed by atoms with E-state index in [0.29, 0.717) is 27.7 Å². The van der Waals surface area contributed by atoms with Crippen LogP contribution in [0.25, 0.3) is 0 Å². The summed E-state index contributed by atoms with van der Waals surface area (Å²) in [7, 11) is 0. The smallest absolute Gasteiger partial charge is 0.324 e. The van der Waals surface area contributed by atoms with E-state index in [1.807, 2.05) is 0 Å². The van der Waals surface area contributed by atoms with E-state index in [9.17, 15) is 22.4 Å². The quantitative estimate of drug-likeness (QED) is 0.506. The van der Waals surface area contributed by atoms with Crippen molar-refractivity contribution in [2.45, 2.75) is 12.1 Å². The van der Waals surface area contributed by atoms with Crippen LogP contribution in [-0.4, -0.2) is 34.7 Å². The van der Waals surface area contributed by atoms with Gasteiger partial charge >= 0.3 is 6.18 Å². The molecule has 2 aromatic carbocycles. The van der Waals surface area contributed by atoms with Gasteiger partial charge in [0.15, 0.2) is 0 Å². The summed E-state index contributed by atoms with van der Waals surface area (Å²) in [6.07, 6.45) is -3.73. The number of benzene rings is 2. The fraction of sp³-hybridized carbons (Fsp3) is 0.174. The molecule has 3 aromatic rings. The number of hydrogen-bond acceptors (Lipinski definition) is 4. The van der Waals surface area contributed by atoms with E-state index in [0.717, 1.165) is 12.3 Å². The summed E-state index contributed by atoms with van der Waals surface area (Å²) in [4.78, 5) is 16.5. The number of aromatic nitrogens is 1. The SMILES string of the molecule is O=C(CN1CC(c2ccc(C(F)(F)F)cn2)C(c2ccc(F)cc2)=N1)Nc1ccc(Cl)cc1. The first-order chi connectivity index (χ1) is 15.7. The number of rotatable bonds is 5. The van der Waals surface area contributed by atoms with E-state index in [2.05, 4.69) is 15.4 Å². The minimum absolute atomic E-state index is 0.0928. The fourth-order valence-electron chi connectivity index (χ4n) is 3.45. The van der Waals surface area contributed by atoms with Gasteiger partial charge in [-0.2, -0.15) is 18.3 Å². The Morgan fingerprint density at radius 2 is 1.76 bits per heavy atom. The molecule has 1 aliphatic heterocycles. The van der Waals surface area contributed by atoms with E-state index < -0.39 is 23.5 Å². The van der Waals surface area contributed by atoms with Crippen LogP contribution < -0.4 is 5.32 Å². The lowest BCUT2D eigenvalue weighted by molar-refractivity contribution is -0.137. The highest BCUT2D eigenvalue weighted by Gasteiger charge is 2.34. The van der Waals surface area contributed by atoms with Crippen LogP contribution >= 0.6 is 11.6 Å². The van der Waals surface area contributed by atoms with Gasteiger partial charge in [0.2, 0.25) is 5.91 Å². The van der Waals surface area contributed by atoms with Crippen LogP contribution in [0.4, 0.5) is 23.2 Å². The van der Waals surface area contributed by atoms with Crippen molar-refractivity contribution in [3.05, 3.63) is 94.5 Å². The summed E-state index contributed by atoms with van der Waals surface area (Å²) in [5.41, 5.74) is 1.15. The van der Waals surface area contributed by atoms with Gasteiger partial charge in [-0.05, 0) is 54.1 Å². The summed E-state index contributed by atoms with van der Waals surface area (Å²) >= 11 is 5.85. The van der Waals surface area contributed by atoms with Crippen molar-refractivity contribution < 1.29 is 22.4 Å². The second-order valence-electron chi connectivity index (χ2n) is 7.42. The van der Waals surface area contributed by atoms with Crippen LogP contribution in [0.1, 0.15) is 22.7 Å². The largest absolute Gasteiger partial charge is 0.417 e. The maximum atomic E-state index is 13.4. The third kappa shape index (κ3) is 5.48. The van der Waals surface area contributed by atoms with Crippen molar-refractivity contribution in [3.63, 3.8) is 0 Å². The van der Waals surface area contributed by atoms with E-state index in [-0.39, 0.29) is 19.0 Å². The summed E-state index contributed by atoms with van der Waals surface area (Å²) in [6, 6.07) is 14.5. The molecule has 0 aliphatic carbocycles. The number of pyridine rings is 1. The second kappa shape index (κ2) is 9.19. The highest BCUT2D eigenvalue weighted by molar-refractivity contribution is 6.30. The predicted octanol–water partition coefficient (Wildman–Crippen LogP) is 5.34. The number of hydrogen-bond donors (Lipinski definition) is 1. The summed E-state index contributed by atoms with van der Waals surface area (Å²) in [5.74, 6) is -1.26. The van der Waals surface area contributed by atoms with Crippen LogP contribution in [0.2, 0.25) is 5.02 Å². The zero-order chi connectivity index (χ0) is 23.6. The molecule has 1 atom stereocenters. The molecule has 0 saturated heterocycles. The lowest BCUT2D eigenvalue weighted by Crippen LogP contribution is -2.29. The molecule has 5 nitrogen and oxygen atoms in total. The van der Waals surface area contributed by atoms with E-state index in [1.54, 1.807) is 24.3 Å². The summed E-state index contributed by atoms with van der Waals surface area (Å²) < 4.78 is 52.2.